The molecule has 0 spiro atoms. The molecule has 0 aromatic heterocycles. The van der Waals surface area contributed by atoms with Crippen LogP contribution in [-0.4, -0.2) is 61.1 Å². The van der Waals surface area contributed by atoms with Crippen molar-refractivity contribution >= 4 is 17.7 Å². The second-order valence-corrected chi connectivity index (χ2v) is 8.35. The Morgan fingerprint density at radius 1 is 1.33 bits per heavy atom. The molecule has 1 aliphatic heterocycles. The van der Waals surface area contributed by atoms with E-state index in [1.165, 1.54) is 25.9 Å². The predicted octanol–water partition coefficient (Wildman–Crippen LogP) is 2.41. The molecule has 0 radical (unpaired) electrons. The highest BCUT2D eigenvalue weighted by molar-refractivity contribution is 7.99. The number of rotatable bonds is 6. The molecule has 1 rings (SSSR count). The number of nitrogens with one attached hydrogen (secondary N) is 2. The summed E-state index contributed by atoms with van der Waals surface area (Å²) in [6.45, 7) is 13.5. The van der Waals surface area contributed by atoms with Crippen LogP contribution in [0.25, 0.3) is 0 Å². The van der Waals surface area contributed by atoms with Crippen LogP contribution in [0.15, 0.2) is 4.99 Å². The Balaban J connectivity index is 2.31. The summed E-state index contributed by atoms with van der Waals surface area (Å²) < 4.78 is 0.228. The van der Waals surface area contributed by atoms with Gasteiger partial charge in [-0.1, -0.05) is 6.92 Å². The quantitative estimate of drug-likeness (QED) is 0.583. The van der Waals surface area contributed by atoms with Crippen molar-refractivity contribution in [2.24, 2.45) is 10.9 Å². The molecule has 1 saturated heterocycles. The van der Waals surface area contributed by atoms with Crippen molar-refractivity contribution in [3.63, 3.8) is 0 Å². The number of thioether (sulfide) groups is 1. The molecule has 1 heterocycles. The number of nitrogens with zero attached hydrogens (tertiary/aromatic N) is 2. The van der Waals surface area contributed by atoms with E-state index in [1.807, 2.05) is 18.8 Å². The molecular formula is C16H34N4S. The molecule has 0 aromatic carbocycles. The second-order valence-electron chi connectivity index (χ2n) is 6.84. The second kappa shape index (κ2) is 8.89. The fraction of sp³-hybridized carbons (Fsp3) is 0.938. The van der Waals surface area contributed by atoms with E-state index in [2.05, 4.69) is 54.5 Å². The lowest BCUT2D eigenvalue weighted by Gasteiger charge is -2.35. The predicted molar refractivity (Wildman–Crippen MR) is 96.4 cm³/mol. The van der Waals surface area contributed by atoms with Crippen molar-refractivity contribution in [3.8, 4) is 0 Å². The van der Waals surface area contributed by atoms with Crippen LogP contribution in [0.3, 0.4) is 0 Å². The zero-order valence-electron chi connectivity index (χ0n) is 14.7. The molecule has 5 heteroatoms. The lowest BCUT2D eigenvalue weighted by Crippen LogP contribution is -2.49. The minimum Gasteiger partial charge on any atom is -0.355 e. The Hall–Kier alpha value is -0.420. The number of hydrogen-bond acceptors (Lipinski definition) is 3. The SMILES string of the molecule is CN=C(NCC(C)N1CCC(C)CC1)NCC(C)(C)SC. The van der Waals surface area contributed by atoms with Gasteiger partial charge in [0.2, 0.25) is 0 Å². The van der Waals surface area contributed by atoms with Crippen molar-refractivity contribution in [1.29, 1.82) is 0 Å². The summed E-state index contributed by atoms with van der Waals surface area (Å²) in [5, 5.41) is 6.89. The first-order chi connectivity index (χ1) is 9.88. The van der Waals surface area contributed by atoms with Crippen molar-refractivity contribution in [1.82, 2.24) is 15.5 Å². The topological polar surface area (TPSA) is 39.7 Å². The molecule has 0 aromatic rings. The Morgan fingerprint density at radius 3 is 2.48 bits per heavy atom. The van der Waals surface area contributed by atoms with Crippen LogP contribution >= 0.6 is 11.8 Å². The van der Waals surface area contributed by atoms with Crippen LogP contribution in [0.2, 0.25) is 0 Å². The normalized spacial score (nSPS) is 20.4. The summed E-state index contributed by atoms with van der Waals surface area (Å²) in [5.41, 5.74) is 0. The molecule has 0 aliphatic carbocycles. The van der Waals surface area contributed by atoms with Gasteiger partial charge in [0.1, 0.15) is 0 Å². The van der Waals surface area contributed by atoms with Gasteiger partial charge in [0.05, 0.1) is 0 Å². The van der Waals surface area contributed by atoms with E-state index in [9.17, 15) is 0 Å². The van der Waals surface area contributed by atoms with E-state index >= 15 is 0 Å². The molecule has 1 fully saturated rings. The van der Waals surface area contributed by atoms with Gasteiger partial charge in [0.25, 0.3) is 0 Å². The number of guanidine groups is 1. The highest BCUT2D eigenvalue weighted by Crippen LogP contribution is 2.19. The van der Waals surface area contributed by atoms with Crippen LogP contribution in [0.4, 0.5) is 0 Å². The molecule has 124 valence electrons. The molecule has 0 amide bonds. The lowest BCUT2D eigenvalue weighted by atomic mass is 9.98. The van der Waals surface area contributed by atoms with E-state index in [0.29, 0.717) is 6.04 Å². The van der Waals surface area contributed by atoms with Gasteiger partial charge in [-0.05, 0) is 58.9 Å². The number of aliphatic imine (C=N–C) groups is 1. The maximum atomic E-state index is 4.32. The molecule has 0 saturated carbocycles. The van der Waals surface area contributed by atoms with Gasteiger partial charge >= 0.3 is 0 Å². The summed E-state index contributed by atoms with van der Waals surface area (Å²) in [6.07, 6.45) is 4.82. The minimum atomic E-state index is 0.228. The van der Waals surface area contributed by atoms with Crippen LogP contribution in [0.5, 0.6) is 0 Å². The van der Waals surface area contributed by atoms with Gasteiger partial charge in [-0.25, -0.2) is 0 Å². The van der Waals surface area contributed by atoms with Gasteiger partial charge < -0.3 is 10.6 Å². The average molecular weight is 315 g/mol. The zero-order valence-corrected chi connectivity index (χ0v) is 15.5. The van der Waals surface area contributed by atoms with Crippen molar-refractivity contribution in [3.05, 3.63) is 0 Å². The molecular weight excluding hydrogens is 280 g/mol. The number of hydrogen-bond donors (Lipinski definition) is 2. The zero-order chi connectivity index (χ0) is 15.9. The van der Waals surface area contributed by atoms with E-state index in [4.69, 9.17) is 0 Å². The van der Waals surface area contributed by atoms with Crippen molar-refractivity contribution in [2.45, 2.75) is 51.3 Å². The Bertz CT molecular complexity index is 322. The molecule has 21 heavy (non-hydrogen) atoms. The molecule has 2 N–H and O–H groups in total. The third-order valence-electron chi connectivity index (χ3n) is 4.46. The number of piperidine rings is 1. The van der Waals surface area contributed by atoms with Crippen LogP contribution in [-0.2, 0) is 0 Å². The molecule has 0 bridgehead atoms. The van der Waals surface area contributed by atoms with Crippen LogP contribution in [0.1, 0.15) is 40.5 Å². The summed E-state index contributed by atoms with van der Waals surface area (Å²) >= 11 is 1.87. The smallest absolute Gasteiger partial charge is 0.191 e. The van der Waals surface area contributed by atoms with Crippen molar-refractivity contribution in [2.75, 3.05) is 39.5 Å². The third kappa shape index (κ3) is 6.92. The lowest BCUT2D eigenvalue weighted by molar-refractivity contribution is 0.147. The summed E-state index contributed by atoms with van der Waals surface area (Å²) in [7, 11) is 1.84. The average Bonchev–Trinajstić information content (AvgIpc) is 2.48. The first-order valence-electron chi connectivity index (χ1n) is 8.11. The largest absolute Gasteiger partial charge is 0.355 e. The monoisotopic (exact) mass is 314 g/mol. The Labute approximate surface area is 135 Å². The summed E-state index contributed by atoms with van der Waals surface area (Å²) in [4.78, 5) is 6.91. The first-order valence-corrected chi connectivity index (χ1v) is 9.34. The highest BCUT2D eigenvalue weighted by atomic mass is 32.2. The van der Waals surface area contributed by atoms with Gasteiger partial charge in [-0.15, -0.1) is 0 Å². The fourth-order valence-electron chi connectivity index (χ4n) is 2.43. The van der Waals surface area contributed by atoms with Gasteiger partial charge in [0.15, 0.2) is 5.96 Å². The Kier molecular flexibility index (Phi) is 7.88. The third-order valence-corrected chi connectivity index (χ3v) is 5.71. The molecule has 1 unspecified atom stereocenters. The van der Waals surface area contributed by atoms with Gasteiger partial charge in [0, 0.05) is 30.9 Å². The summed E-state index contributed by atoms with van der Waals surface area (Å²) in [6, 6.07) is 0.560. The van der Waals surface area contributed by atoms with E-state index < -0.39 is 0 Å². The first kappa shape index (κ1) is 18.6. The van der Waals surface area contributed by atoms with Gasteiger partial charge in [-0.3, -0.25) is 9.89 Å². The van der Waals surface area contributed by atoms with E-state index in [-0.39, 0.29) is 4.75 Å². The maximum Gasteiger partial charge on any atom is 0.191 e. The van der Waals surface area contributed by atoms with E-state index in [0.717, 1.165) is 25.0 Å². The maximum absolute atomic E-state index is 4.32. The summed E-state index contributed by atoms with van der Waals surface area (Å²) in [5.74, 6) is 1.80. The molecule has 1 atom stereocenters. The number of likely N-dealkylation sites (tertiary alicyclic amines) is 1. The minimum absolute atomic E-state index is 0.228. The van der Waals surface area contributed by atoms with E-state index in [1.54, 1.807) is 0 Å². The standard InChI is InChI=1S/C16H34N4S/c1-13-7-9-20(10-8-13)14(2)11-18-15(17-5)19-12-16(3,4)21-6/h13-14H,7-12H2,1-6H3,(H2,17,18,19). The molecule has 1 aliphatic rings. The highest BCUT2D eigenvalue weighted by Gasteiger charge is 2.20. The fourth-order valence-corrected chi connectivity index (χ4v) is 2.65. The van der Waals surface area contributed by atoms with Crippen LogP contribution in [0, 0.1) is 5.92 Å². The van der Waals surface area contributed by atoms with Crippen molar-refractivity contribution < 1.29 is 0 Å². The molecule has 4 nitrogen and oxygen atoms in total. The Morgan fingerprint density at radius 2 is 1.95 bits per heavy atom. The van der Waals surface area contributed by atoms with Gasteiger partial charge in [-0.2, -0.15) is 11.8 Å². The van der Waals surface area contributed by atoms with Crippen LogP contribution < -0.4 is 10.6 Å².